The summed E-state index contributed by atoms with van der Waals surface area (Å²) in [7, 11) is 4.03. The number of hydrogen-bond acceptors (Lipinski definition) is 2. The lowest BCUT2D eigenvalue weighted by atomic mass is 10.0. The Morgan fingerprint density at radius 2 is 2.19 bits per heavy atom. The van der Waals surface area contributed by atoms with Crippen LogP contribution in [0.15, 0.2) is 0 Å². The molecular weight excluding hydrogens is 202 g/mol. The van der Waals surface area contributed by atoms with Gasteiger partial charge in [0.25, 0.3) is 0 Å². The number of carbonyl (C=O) groups is 1. The lowest BCUT2D eigenvalue weighted by Crippen LogP contribution is -2.49. The smallest absolute Gasteiger partial charge is 0.317 e. The molecule has 1 unspecified atom stereocenters. The minimum absolute atomic E-state index is 0.119. The molecule has 0 spiro atoms. The van der Waals surface area contributed by atoms with E-state index in [1.54, 1.807) is 0 Å². The molecule has 1 fully saturated rings. The number of nitrogens with zero attached hydrogens (tertiary/aromatic N) is 2. The standard InChI is InChI=1S/C12H25N3O/c1-4-11-7-5-6-9-15(11)12(16)13-8-10-14(2)3/h11H,4-10H2,1-3H3,(H,13,16). The molecule has 1 saturated heterocycles. The van der Waals surface area contributed by atoms with Crippen LogP contribution in [0.5, 0.6) is 0 Å². The molecule has 4 heteroatoms. The van der Waals surface area contributed by atoms with Crippen molar-refractivity contribution in [2.45, 2.75) is 38.6 Å². The number of carbonyl (C=O) groups excluding carboxylic acids is 1. The maximum atomic E-state index is 11.9. The normalized spacial score (nSPS) is 21.2. The van der Waals surface area contributed by atoms with Crippen LogP contribution >= 0.6 is 0 Å². The van der Waals surface area contributed by atoms with E-state index in [1.807, 2.05) is 19.0 Å². The molecule has 0 bridgehead atoms. The van der Waals surface area contributed by atoms with Gasteiger partial charge in [-0.15, -0.1) is 0 Å². The van der Waals surface area contributed by atoms with Gasteiger partial charge in [-0.05, 0) is 39.8 Å². The molecule has 4 nitrogen and oxygen atoms in total. The van der Waals surface area contributed by atoms with E-state index in [-0.39, 0.29) is 6.03 Å². The van der Waals surface area contributed by atoms with Gasteiger partial charge in [0.2, 0.25) is 0 Å². The third-order valence-corrected chi connectivity index (χ3v) is 3.19. The average Bonchev–Trinajstić information content (AvgIpc) is 2.28. The third-order valence-electron chi connectivity index (χ3n) is 3.19. The zero-order valence-electron chi connectivity index (χ0n) is 10.8. The second-order valence-electron chi connectivity index (χ2n) is 4.79. The Labute approximate surface area is 99.0 Å². The molecule has 0 aromatic carbocycles. The first kappa shape index (κ1) is 13.3. The van der Waals surface area contributed by atoms with E-state index in [4.69, 9.17) is 0 Å². The Morgan fingerprint density at radius 1 is 1.44 bits per heavy atom. The van der Waals surface area contributed by atoms with Crippen molar-refractivity contribution in [3.05, 3.63) is 0 Å². The summed E-state index contributed by atoms with van der Waals surface area (Å²) in [6, 6.07) is 0.571. The van der Waals surface area contributed by atoms with E-state index in [0.717, 1.165) is 38.9 Å². The number of hydrogen-bond donors (Lipinski definition) is 1. The third kappa shape index (κ3) is 4.00. The predicted octanol–water partition coefficient (Wildman–Crippen LogP) is 1.52. The van der Waals surface area contributed by atoms with Crippen molar-refractivity contribution in [2.75, 3.05) is 33.7 Å². The van der Waals surface area contributed by atoms with Crippen molar-refractivity contribution < 1.29 is 4.79 Å². The van der Waals surface area contributed by atoms with Gasteiger partial charge in [-0.3, -0.25) is 0 Å². The molecule has 1 aliphatic rings. The highest BCUT2D eigenvalue weighted by Gasteiger charge is 2.24. The molecule has 1 atom stereocenters. The van der Waals surface area contributed by atoms with Crippen LogP contribution in [0.2, 0.25) is 0 Å². The van der Waals surface area contributed by atoms with E-state index in [0.29, 0.717) is 6.04 Å². The van der Waals surface area contributed by atoms with Crippen LogP contribution in [0.3, 0.4) is 0 Å². The number of rotatable bonds is 4. The molecule has 2 amide bonds. The van der Waals surface area contributed by atoms with Crippen LogP contribution < -0.4 is 5.32 Å². The second kappa shape index (κ2) is 6.74. The van der Waals surface area contributed by atoms with Crippen molar-refractivity contribution in [2.24, 2.45) is 0 Å². The molecule has 0 saturated carbocycles. The summed E-state index contributed by atoms with van der Waals surface area (Å²) in [6.07, 6.45) is 4.65. The highest BCUT2D eigenvalue weighted by Crippen LogP contribution is 2.19. The SMILES string of the molecule is CCC1CCCCN1C(=O)NCCN(C)C. The fraction of sp³-hybridized carbons (Fsp3) is 0.917. The monoisotopic (exact) mass is 227 g/mol. The minimum atomic E-state index is 0.119. The van der Waals surface area contributed by atoms with Crippen molar-refractivity contribution in [3.63, 3.8) is 0 Å². The zero-order chi connectivity index (χ0) is 12.0. The van der Waals surface area contributed by atoms with Crippen LogP contribution in [-0.4, -0.2) is 55.6 Å². The second-order valence-corrected chi connectivity index (χ2v) is 4.79. The van der Waals surface area contributed by atoms with E-state index in [9.17, 15) is 4.79 Å². The fourth-order valence-electron chi connectivity index (χ4n) is 2.18. The Hall–Kier alpha value is -0.770. The summed E-state index contributed by atoms with van der Waals surface area (Å²) in [5.41, 5.74) is 0. The van der Waals surface area contributed by atoms with Crippen molar-refractivity contribution in [1.29, 1.82) is 0 Å². The van der Waals surface area contributed by atoms with Crippen molar-refractivity contribution >= 4 is 6.03 Å². The molecular formula is C12H25N3O. The molecule has 94 valence electrons. The van der Waals surface area contributed by atoms with Crippen LogP contribution in [0.1, 0.15) is 32.6 Å². The van der Waals surface area contributed by atoms with Gasteiger partial charge in [0.1, 0.15) is 0 Å². The van der Waals surface area contributed by atoms with E-state index in [1.165, 1.54) is 6.42 Å². The Morgan fingerprint density at radius 3 is 2.81 bits per heavy atom. The number of urea groups is 1. The van der Waals surface area contributed by atoms with E-state index >= 15 is 0 Å². The molecule has 0 radical (unpaired) electrons. The largest absolute Gasteiger partial charge is 0.337 e. The summed E-state index contributed by atoms with van der Waals surface area (Å²) in [5.74, 6) is 0. The Balaban J connectivity index is 2.33. The molecule has 1 rings (SSSR count). The van der Waals surface area contributed by atoms with Gasteiger partial charge in [0.05, 0.1) is 0 Å². The van der Waals surface area contributed by atoms with Crippen LogP contribution in [0, 0.1) is 0 Å². The maximum Gasteiger partial charge on any atom is 0.317 e. The lowest BCUT2D eigenvalue weighted by molar-refractivity contribution is 0.148. The molecule has 0 aliphatic carbocycles. The van der Waals surface area contributed by atoms with Gasteiger partial charge in [0, 0.05) is 25.7 Å². The quantitative estimate of drug-likeness (QED) is 0.790. The number of piperidine rings is 1. The molecule has 1 heterocycles. The number of amides is 2. The van der Waals surface area contributed by atoms with Crippen molar-refractivity contribution in [3.8, 4) is 0 Å². The molecule has 1 N–H and O–H groups in total. The number of likely N-dealkylation sites (N-methyl/N-ethyl adjacent to an activating group) is 1. The topological polar surface area (TPSA) is 35.6 Å². The summed E-state index contributed by atoms with van der Waals surface area (Å²) < 4.78 is 0. The van der Waals surface area contributed by atoms with Gasteiger partial charge < -0.3 is 15.1 Å². The summed E-state index contributed by atoms with van der Waals surface area (Å²) >= 11 is 0. The summed E-state index contributed by atoms with van der Waals surface area (Å²) in [6.45, 7) is 4.72. The molecule has 0 aromatic heterocycles. The maximum absolute atomic E-state index is 11.9. The number of likely N-dealkylation sites (tertiary alicyclic amines) is 1. The Kier molecular flexibility index (Phi) is 5.60. The fourth-order valence-corrected chi connectivity index (χ4v) is 2.18. The zero-order valence-corrected chi connectivity index (χ0v) is 10.8. The van der Waals surface area contributed by atoms with E-state index < -0.39 is 0 Å². The first-order valence-electron chi connectivity index (χ1n) is 6.34. The average molecular weight is 227 g/mol. The van der Waals surface area contributed by atoms with Gasteiger partial charge >= 0.3 is 6.03 Å². The van der Waals surface area contributed by atoms with Crippen LogP contribution in [0.4, 0.5) is 4.79 Å². The molecule has 1 aliphatic heterocycles. The van der Waals surface area contributed by atoms with Gasteiger partial charge in [0.15, 0.2) is 0 Å². The van der Waals surface area contributed by atoms with Gasteiger partial charge in [-0.1, -0.05) is 6.92 Å². The first-order chi connectivity index (χ1) is 7.65. The highest BCUT2D eigenvalue weighted by atomic mass is 16.2. The summed E-state index contributed by atoms with van der Waals surface area (Å²) in [4.78, 5) is 16.0. The molecule has 0 aromatic rings. The minimum Gasteiger partial charge on any atom is -0.337 e. The number of nitrogens with one attached hydrogen (secondary N) is 1. The van der Waals surface area contributed by atoms with Gasteiger partial charge in [-0.2, -0.15) is 0 Å². The van der Waals surface area contributed by atoms with Crippen LogP contribution in [0.25, 0.3) is 0 Å². The van der Waals surface area contributed by atoms with Crippen molar-refractivity contribution in [1.82, 2.24) is 15.1 Å². The molecule has 16 heavy (non-hydrogen) atoms. The lowest BCUT2D eigenvalue weighted by Gasteiger charge is -2.35. The summed E-state index contributed by atoms with van der Waals surface area (Å²) in [5, 5.41) is 2.99. The van der Waals surface area contributed by atoms with Crippen LogP contribution in [-0.2, 0) is 0 Å². The Bertz CT molecular complexity index is 218. The van der Waals surface area contributed by atoms with Gasteiger partial charge in [-0.25, -0.2) is 4.79 Å². The van der Waals surface area contributed by atoms with E-state index in [2.05, 4.69) is 17.1 Å². The highest BCUT2D eigenvalue weighted by molar-refractivity contribution is 5.74. The first-order valence-corrected chi connectivity index (χ1v) is 6.34. The predicted molar refractivity (Wildman–Crippen MR) is 66.6 cm³/mol.